The van der Waals surface area contributed by atoms with Gasteiger partial charge in [-0.3, -0.25) is 19.2 Å². The molecule has 13 heteroatoms. The van der Waals surface area contributed by atoms with Crippen LogP contribution in [-0.4, -0.2) is 53.6 Å². The molecule has 0 atom stereocenters. The van der Waals surface area contributed by atoms with Crippen LogP contribution in [0.1, 0.15) is 302 Å². The van der Waals surface area contributed by atoms with E-state index in [0.29, 0.717) is 31.5 Å². The third-order valence-electron chi connectivity index (χ3n) is 13.6. The number of carbonyl (C=O) groups excluding carboxylic acids is 4. The first-order chi connectivity index (χ1) is 42.6. The van der Waals surface area contributed by atoms with Gasteiger partial charge in [0.1, 0.15) is 5.52 Å². The van der Waals surface area contributed by atoms with E-state index in [1.807, 2.05) is 18.2 Å². The van der Waals surface area contributed by atoms with Crippen LogP contribution in [-0.2, 0) is 39.8 Å². The van der Waals surface area contributed by atoms with E-state index >= 15 is 0 Å². The van der Waals surface area contributed by atoms with E-state index < -0.39 is 0 Å². The summed E-state index contributed by atoms with van der Waals surface area (Å²) in [5.74, 6) is 18.2. The van der Waals surface area contributed by atoms with E-state index in [4.69, 9.17) is 19.2 Å². The van der Waals surface area contributed by atoms with Crippen molar-refractivity contribution in [3.8, 4) is 35.5 Å². The van der Waals surface area contributed by atoms with Crippen molar-refractivity contribution >= 4 is 62.1 Å². The number of amides is 1. The average molecular weight is 1230 g/mol. The molecule has 1 N–H and O–H groups in total. The molecule has 89 heavy (non-hydrogen) atoms. The topological polar surface area (TPSA) is 134 Å². The molecule has 0 radical (unpaired) electrons. The maximum absolute atomic E-state index is 12.2. The van der Waals surface area contributed by atoms with E-state index in [-0.39, 0.29) is 81.4 Å². The summed E-state index contributed by atoms with van der Waals surface area (Å²) in [5.41, 5.74) is 1.71. The van der Waals surface area contributed by atoms with Gasteiger partial charge in [0.2, 0.25) is 5.91 Å². The standard InChI is InChI=1S/C19H22N3OS.3C18H31O2.C3H6.2Li/c1-3-5-6-12-15(23)21-19-17-18(24-16(22-17)9-4-2)13-10-7-8-11-14(13)20-19;3*1-3-5-7-9-11-13-15-17-20-18(19)16-14-12-10-8-6-4-2;1-3-2;;/h7-8,10-11H,1,3-6,9,12H2,2H3,(H,20,21,23);3*2-12,14,16-17H2,1H3;1-3H2;;/q4*-1;-2;2*+1. The van der Waals surface area contributed by atoms with Crippen molar-refractivity contribution in [3.63, 3.8) is 0 Å². The molecule has 0 saturated heterocycles. The summed E-state index contributed by atoms with van der Waals surface area (Å²) in [6.07, 6.45) is 45.1. The molecule has 0 fully saturated rings. The number of pyridine rings is 1. The van der Waals surface area contributed by atoms with Gasteiger partial charge in [0.05, 0.1) is 15.2 Å². The van der Waals surface area contributed by atoms with Crippen molar-refractivity contribution in [3.05, 3.63) is 70.8 Å². The zero-order valence-electron chi connectivity index (χ0n) is 57.7. The molecule has 2 aromatic heterocycles. The van der Waals surface area contributed by atoms with Crippen LogP contribution in [0.3, 0.4) is 0 Å². The second kappa shape index (κ2) is 73.3. The number of unbranched alkanes of at least 4 members (excludes halogenated alkanes) is 29. The van der Waals surface area contributed by atoms with Gasteiger partial charge in [-0.25, -0.2) is 9.97 Å². The van der Waals surface area contributed by atoms with Crippen LogP contribution in [0.2, 0.25) is 0 Å². The number of carbonyl (C=O) groups is 4. The number of benzene rings is 1. The smallest absolute Gasteiger partial charge is 0.452 e. The molecule has 0 bridgehead atoms. The monoisotopic (exact) mass is 1230 g/mol. The van der Waals surface area contributed by atoms with Gasteiger partial charge in [-0.05, 0) is 63.9 Å². The Kier molecular flexibility index (Phi) is 75.5. The third-order valence-corrected chi connectivity index (χ3v) is 14.7. The zero-order chi connectivity index (χ0) is 64.3. The van der Waals surface area contributed by atoms with E-state index in [9.17, 15) is 19.2 Å². The van der Waals surface area contributed by atoms with Crippen LogP contribution < -0.4 is 43.0 Å². The fourth-order valence-corrected chi connectivity index (χ4v) is 9.74. The second-order valence-electron chi connectivity index (χ2n) is 21.8. The summed E-state index contributed by atoms with van der Waals surface area (Å²) in [5, 5.41) is 5.16. The van der Waals surface area contributed by atoms with E-state index in [1.165, 1.54) is 116 Å². The molecule has 2 heterocycles. The Morgan fingerprint density at radius 1 is 0.438 bits per heavy atom. The van der Waals surface area contributed by atoms with Crippen LogP contribution in [0.4, 0.5) is 5.82 Å². The number of nitrogens with one attached hydrogen (secondary N) is 1. The summed E-state index contributed by atoms with van der Waals surface area (Å²) in [4.78, 5) is 55.8. The molecule has 0 aliphatic rings. The Labute approximate surface area is 574 Å². The van der Waals surface area contributed by atoms with Gasteiger partial charge in [0, 0.05) is 50.3 Å². The number of rotatable bonds is 43. The number of hydrogen-bond donors (Lipinski definition) is 1. The van der Waals surface area contributed by atoms with E-state index in [0.717, 1.165) is 161 Å². The van der Waals surface area contributed by atoms with Gasteiger partial charge >= 0.3 is 55.6 Å². The maximum Gasteiger partial charge on any atom is 1.00 e. The van der Waals surface area contributed by atoms with Crippen molar-refractivity contribution < 1.29 is 71.1 Å². The number of anilines is 1. The molecule has 3 aromatic rings. The SMILES string of the molecule is [CH2-]CCCCC(=O)Nc1nc2ccccc2c2sc(CCC)nc12.[CH2-]CCCCCCCC(=O)OCC#CCCCCCC.[CH2-]CCCCCCCC(=O)OCC#CCCCCCC.[CH2-]CCCCCCCC(=O)OCC#CCCCCCC.[CH2-]C[CH2-].[Li+].[Li+]. The number of aromatic nitrogens is 2. The van der Waals surface area contributed by atoms with E-state index in [2.05, 4.69) is 121 Å². The Hall–Kier alpha value is -3.73. The Morgan fingerprint density at radius 3 is 1.17 bits per heavy atom. The van der Waals surface area contributed by atoms with Gasteiger partial charge in [-0.2, -0.15) is 25.7 Å². The molecule has 0 spiro atoms. The summed E-state index contributed by atoms with van der Waals surface area (Å²) in [6, 6.07) is 8.03. The number of thiazole rings is 1. The van der Waals surface area contributed by atoms with Crippen LogP contribution in [0.25, 0.3) is 21.1 Å². The van der Waals surface area contributed by atoms with Crippen LogP contribution >= 0.6 is 11.3 Å². The van der Waals surface area contributed by atoms with Crippen LogP contribution in [0.15, 0.2) is 24.3 Å². The van der Waals surface area contributed by atoms with E-state index in [1.54, 1.807) is 11.3 Å². The second-order valence-corrected chi connectivity index (χ2v) is 22.9. The van der Waals surface area contributed by atoms with Gasteiger partial charge in [0.15, 0.2) is 25.6 Å². The first-order valence-corrected chi connectivity index (χ1v) is 35.0. The van der Waals surface area contributed by atoms with Crippen molar-refractivity contribution in [1.82, 2.24) is 9.97 Å². The Bertz CT molecular complexity index is 2170. The quantitative estimate of drug-likeness (QED) is 0.0147. The molecular formula is C76H121Li2N3O7S-4. The van der Waals surface area contributed by atoms with Gasteiger partial charge in [0.25, 0.3) is 0 Å². The minimum absolute atomic E-state index is 0. The third kappa shape index (κ3) is 60.3. The molecule has 494 valence electrons. The minimum atomic E-state index is -0.109. The summed E-state index contributed by atoms with van der Waals surface area (Å²) in [7, 11) is 0. The van der Waals surface area contributed by atoms with Crippen molar-refractivity contribution in [2.75, 3.05) is 25.1 Å². The van der Waals surface area contributed by atoms with Crippen molar-refractivity contribution in [2.45, 2.75) is 304 Å². The molecule has 3 rings (SSSR count). The van der Waals surface area contributed by atoms with Crippen LogP contribution in [0, 0.1) is 77.1 Å². The molecular weight excluding hydrogens is 1110 g/mol. The number of para-hydroxylation sites is 1. The largest absolute Gasteiger partial charge is 1.00 e. The van der Waals surface area contributed by atoms with Gasteiger partial charge in [-0.1, -0.05) is 223 Å². The summed E-state index contributed by atoms with van der Waals surface area (Å²) < 4.78 is 16.3. The number of esters is 3. The first-order valence-electron chi connectivity index (χ1n) is 34.1. The number of fused-ring (bicyclic) bond motifs is 3. The maximum atomic E-state index is 12.2. The number of nitrogens with zero attached hydrogens (tertiary/aromatic N) is 2. The molecule has 1 amide bonds. The normalized spacial score (nSPS) is 9.91. The zero-order valence-corrected chi connectivity index (χ0v) is 58.6. The van der Waals surface area contributed by atoms with Gasteiger partial charge in [-0.15, -0.1) is 11.3 Å². The number of aryl methyl sites for hydroxylation is 1. The van der Waals surface area contributed by atoms with Gasteiger partial charge < -0.3 is 67.5 Å². The fourth-order valence-electron chi connectivity index (χ4n) is 8.54. The summed E-state index contributed by atoms with van der Waals surface area (Å²) >= 11 is 1.70. The molecule has 10 nitrogen and oxygen atoms in total. The number of ether oxygens (including phenoxy) is 3. The Morgan fingerprint density at radius 2 is 0.787 bits per heavy atom. The van der Waals surface area contributed by atoms with Crippen molar-refractivity contribution in [2.24, 2.45) is 0 Å². The van der Waals surface area contributed by atoms with Crippen LogP contribution in [0.5, 0.6) is 0 Å². The Balaban J connectivity index is -0.000000531. The predicted molar refractivity (Wildman–Crippen MR) is 372 cm³/mol. The first kappa shape index (κ1) is 91.7. The molecule has 1 aromatic carbocycles. The molecule has 0 aliphatic carbocycles. The molecule has 0 unspecified atom stereocenters. The fraction of sp³-hybridized carbons (Fsp3) is 0.658. The average Bonchev–Trinajstić information content (AvgIpc) is 2.01. The minimum Gasteiger partial charge on any atom is -0.452 e. The summed E-state index contributed by atoms with van der Waals surface area (Å²) in [6.45, 7) is 31.5. The van der Waals surface area contributed by atoms with Crippen molar-refractivity contribution in [1.29, 1.82) is 0 Å². The molecule has 0 saturated carbocycles. The molecule has 0 aliphatic heterocycles. The predicted octanol–water partition coefficient (Wildman–Crippen LogP) is 15.4. The number of hydrogen-bond acceptors (Lipinski definition) is 10.